The first-order chi connectivity index (χ1) is 13.6. The molecule has 1 heterocycles. The van der Waals surface area contributed by atoms with E-state index in [2.05, 4.69) is 36.7 Å². The Morgan fingerprint density at radius 2 is 1.93 bits per heavy atom. The molecule has 29 heavy (non-hydrogen) atoms. The molecule has 0 radical (unpaired) electrons. The molecule has 0 aliphatic carbocycles. The van der Waals surface area contributed by atoms with E-state index < -0.39 is 17.2 Å². The molecule has 8 nitrogen and oxygen atoms in total. The fraction of sp³-hybridized carbons (Fsp3) is 0.905. The number of amides is 1. The van der Waals surface area contributed by atoms with Gasteiger partial charge in [0.1, 0.15) is 5.60 Å². The van der Waals surface area contributed by atoms with Crippen LogP contribution in [0.5, 0.6) is 0 Å². The van der Waals surface area contributed by atoms with Crippen LogP contribution >= 0.6 is 0 Å². The number of rotatable bonds is 10. The number of aliphatic imine (C=N–C) groups is 1. The summed E-state index contributed by atoms with van der Waals surface area (Å²) in [6.07, 6.45) is 2.24. The molecule has 0 aromatic carbocycles. The van der Waals surface area contributed by atoms with Crippen LogP contribution in [0.4, 0.5) is 4.79 Å². The first-order valence-corrected chi connectivity index (χ1v) is 10.9. The quantitative estimate of drug-likeness (QED) is 0.376. The average Bonchev–Trinajstić information content (AvgIpc) is 3.15. The van der Waals surface area contributed by atoms with Gasteiger partial charge in [-0.2, -0.15) is 0 Å². The lowest BCUT2D eigenvalue weighted by molar-refractivity contribution is 0.0347. The summed E-state index contributed by atoms with van der Waals surface area (Å²) < 4.78 is 16.7. The van der Waals surface area contributed by atoms with Crippen molar-refractivity contribution in [2.45, 2.75) is 91.0 Å². The Morgan fingerprint density at radius 3 is 2.45 bits per heavy atom. The number of alkyl carbamates (subject to hydrolysis) is 1. The van der Waals surface area contributed by atoms with Gasteiger partial charge in [0.15, 0.2) is 5.96 Å². The number of hydrogen-bond acceptors (Lipinski definition) is 5. The Hall–Kier alpha value is -1.54. The van der Waals surface area contributed by atoms with Crippen molar-refractivity contribution in [1.82, 2.24) is 16.0 Å². The number of carbonyl (C=O) groups excluding carboxylic acids is 1. The van der Waals surface area contributed by atoms with E-state index in [1.54, 1.807) is 0 Å². The van der Waals surface area contributed by atoms with Gasteiger partial charge in [0.2, 0.25) is 0 Å². The topological polar surface area (TPSA) is 93.2 Å². The van der Waals surface area contributed by atoms with E-state index in [-0.39, 0.29) is 12.1 Å². The lowest BCUT2D eigenvalue weighted by Crippen LogP contribution is -2.52. The second-order valence-electron chi connectivity index (χ2n) is 8.67. The molecule has 0 bridgehead atoms. The van der Waals surface area contributed by atoms with Crippen molar-refractivity contribution in [1.29, 1.82) is 0 Å². The van der Waals surface area contributed by atoms with Gasteiger partial charge in [-0.3, -0.25) is 4.99 Å². The van der Waals surface area contributed by atoms with E-state index >= 15 is 0 Å². The summed E-state index contributed by atoms with van der Waals surface area (Å²) >= 11 is 0. The fourth-order valence-electron chi connectivity index (χ4n) is 2.96. The summed E-state index contributed by atoms with van der Waals surface area (Å²) in [7, 11) is 0. The summed E-state index contributed by atoms with van der Waals surface area (Å²) in [4.78, 5) is 17.1. The smallest absolute Gasteiger partial charge is 0.408 e. The third-order valence-electron chi connectivity index (χ3n) is 4.86. The van der Waals surface area contributed by atoms with E-state index in [4.69, 9.17) is 19.2 Å². The van der Waals surface area contributed by atoms with Gasteiger partial charge in [-0.15, -0.1) is 0 Å². The van der Waals surface area contributed by atoms with Gasteiger partial charge < -0.3 is 30.2 Å². The molecule has 1 aliphatic rings. The van der Waals surface area contributed by atoms with Crippen LogP contribution in [0, 0.1) is 0 Å². The van der Waals surface area contributed by atoms with Gasteiger partial charge in [-0.25, -0.2) is 4.79 Å². The molecule has 8 heteroatoms. The molecular formula is C21H42N4O4. The predicted molar refractivity (Wildman–Crippen MR) is 116 cm³/mol. The van der Waals surface area contributed by atoms with Crippen LogP contribution in [0.3, 0.4) is 0 Å². The number of nitrogens with zero attached hydrogens (tertiary/aromatic N) is 1. The van der Waals surface area contributed by atoms with Crippen molar-refractivity contribution in [2.75, 3.05) is 32.9 Å². The van der Waals surface area contributed by atoms with Crippen LogP contribution in [0.25, 0.3) is 0 Å². The number of nitrogens with one attached hydrogen (secondary N) is 3. The highest BCUT2D eigenvalue weighted by molar-refractivity contribution is 5.80. The second kappa shape index (κ2) is 12.2. The van der Waals surface area contributed by atoms with Crippen LogP contribution in [-0.4, -0.2) is 68.2 Å². The Labute approximate surface area is 176 Å². The van der Waals surface area contributed by atoms with Gasteiger partial charge in [0.05, 0.1) is 31.4 Å². The number of ether oxygens (including phenoxy) is 3. The highest BCUT2D eigenvalue weighted by Crippen LogP contribution is 2.17. The average molecular weight is 415 g/mol. The third-order valence-corrected chi connectivity index (χ3v) is 4.86. The standard InChI is InChI=1S/C21H42N4O4/c1-8-21(9-2,25-19(26)29-20(5,6)7)15-23-18(22-10-3)24-16(4)13-28-17-11-12-27-14-17/h16-17H,8-15H2,1-7H3,(H,25,26)(H2,22,23,24). The minimum atomic E-state index is -0.531. The highest BCUT2D eigenvalue weighted by Gasteiger charge is 2.30. The molecule has 0 aromatic rings. The van der Waals surface area contributed by atoms with Crippen molar-refractivity contribution in [2.24, 2.45) is 4.99 Å². The second-order valence-corrected chi connectivity index (χ2v) is 8.67. The van der Waals surface area contributed by atoms with E-state index in [1.807, 2.05) is 27.7 Å². The van der Waals surface area contributed by atoms with Crippen molar-refractivity contribution >= 4 is 12.1 Å². The van der Waals surface area contributed by atoms with E-state index in [1.165, 1.54) is 0 Å². The third kappa shape index (κ3) is 10.2. The molecule has 1 amide bonds. The molecule has 1 rings (SSSR count). The maximum absolute atomic E-state index is 12.3. The molecule has 170 valence electrons. The monoisotopic (exact) mass is 414 g/mol. The minimum Gasteiger partial charge on any atom is -0.444 e. The summed E-state index contributed by atoms with van der Waals surface area (Å²) in [6, 6.07) is 0.102. The van der Waals surface area contributed by atoms with Gasteiger partial charge in [0, 0.05) is 19.2 Å². The van der Waals surface area contributed by atoms with E-state index in [0.717, 1.165) is 32.4 Å². The summed E-state index contributed by atoms with van der Waals surface area (Å²) in [5.74, 6) is 0.712. The first-order valence-electron chi connectivity index (χ1n) is 10.9. The molecule has 2 unspecified atom stereocenters. The zero-order valence-electron chi connectivity index (χ0n) is 19.4. The van der Waals surface area contributed by atoms with Crippen LogP contribution in [0.2, 0.25) is 0 Å². The van der Waals surface area contributed by atoms with Gasteiger partial charge in [-0.05, 0) is 53.9 Å². The highest BCUT2D eigenvalue weighted by atomic mass is 16.6. The van der Waals surface area contributed by atoms with Crippen LogP contribution in [0.1, 0.15) is 67.7 Å². The predicted octanol–water partition coefficient (Wildman–Crippen LogP) is 2.82. The van der Waals surface area contributed by atoms with Crippen LogP contribution in [0.15, 0.2) is 4.99 Å². The Kier molecular flexibility index (Phi) is 10.7. The SMILES string of the molecule is CCNC(=NCC(CC)(CC)NC(=O)OC(C)(C)C)NC(C)COC1CCOC1. The largest absolute Gasteiger partial charge is 0.444 e. The van der Waals surface area contributed by atoms with Crippen LogP contribution in [-0.2, 0) is 14.2 Å². The fourth-order valence-corrected chi connectivity index (χ4v) is 2.96. The molecule has 3 N–H and O–H groups in total. The van der Waals surface area contributed by atoms with Crippen LogP contribution < -0.4 is 16.0 Å². The Balaban J connectivity index is 2.68. The summed E-state index contributed by atoms with van der Waals surface area (Å²) in [6.45, 7) is 17.0. The van der Waals surface area contributed by atoms with E-state index in [0.29, 0.717) is 25.7 Å². The number of hydrogen-bond donors (Lipinski definition) is 3. The summed E-state index contributed by atoms with van der Waals surface area (Å²) in [5.41, 5.74) is -0.984. The van der Waals surface area contributed by atoms with Gasteiger partial charge >= 0.3 is 6.09 Å². The molecule has 0 spiro atoms. The summed E-state index contributed by atoms with van der Waals surface area (Å²) in [5, 5.41) is 9.69. The Morgan fingerprint density at radius 1 is 1.24 bits per heavy atom. The molecule has 1 aliphatic heterocycles. The molecule has 0 aromatic heterocycles. The zero-order chi connectivity index (χ0) is 21.9. The molecule has 1 saturated heterocycles. The van der Waals surface area contributed by atoms with Gasteiger partial charge in [0.25, 0.3) is 0 Å². The maximum atomic E-state index is 12.3. The van der Waals surface area contributed by atoms with Crippen molar-refractivity contribution in [3.63, 3.8) is 0 Å². The maximum Gasteiger partial charge on any atom is 0.408 e. The molecule has 2 atom stereocenters. The van der Waals surface area contributed by atoms with Crippen molar-refractivity contribution in [3.05, 3.63) is 0 Å². The number of guanidine groups is 1. The normalized spacial score (nSPS) is 19.0. The number of carbonyl (C=O) groups is 1. The first kappa shape index (κ1) is 25.5. The van der Waals surface area contributed by atoms with Gasteiger partial charge in [-0.1, -0.05) is 13.8 Å². The zero-order valence-corrected chi connectivity index (χ0v) is 19.4. The van der Waals surface area contributed by atoms with Crippen molar-refractivity contribution in [3.8, 4) is 0 Å². The molecule has 0 saturated carbocycles. The Bertz CT molecular complexity index is 509. The minimum absolute atomic E-state index is 0.102. The molecule has 1 fully saturated rings. The lowest BCUT2D eigenvalue weighted by atomic mass is 9.93. The van der Waals surface area contributed by atoms with E-state index in [9.17, 15) is 4.79 Å². The molecular weight excluding hydrogens is 372 g/mol. The van der Waals surface area contributed by atoms with Crippen molar-refractivity contribution < 1.29 is 19.0 Å². The lowest BCUT2D eigenvalue weighted by Gasteiger charge is -2.33.